The number of carbonyl (C=O) groups is 2. The van der Waals surface area contributed by atoms with Crippen LogP contribution in [0.25, 0.3) is 0 Å². The third-order valence-electron chi connectivity index (χ3n) is 4.46. The molecule has 2 rings (SSSR count). The molecule has 1 spiro atoms. The Bertz CT molecular complexity index is 440. The largest absolute Gasteiger partial charge is 0.490 e. The van der Waals surface area contributed by atoms with E-state index in [1.165, 1.54) is 0 Å². The van der Waals surface area contributed by atoms with Crippen molar-refractivity contribution in [3.8, 4) is 0 Å². The summed E-state index contributed by atoms with van der Waals surface area (Å²) in [4.78, 5) is 22.0. The molecular weight excluding hydrogens is 334 g/mol. The Morgan fingerprint density at radius 1 is 0.783 bits per heavy atom. The van der Waals surface area contributed by atoms with E-state index in [0.717, 1.165) is 0 Å². The van der Waals surface area contributed by atoms with Gasteiger partial charge in [-0.1, -0.05) is 0 Å². The van der Waals surface area contributed by atoms with E-state index >= 15 is 0 Å². The lowest BCUT2D eigenvalue weighted by Gasteiger charge is -2.36. The zero-order valence-corrected chi connectivity index (χ0v) is 11.8. The van der Waals surface area contributed by atoms with Crippen LogP contribution in [0.15, 0.2) is 0 Å². The van der Waals surface area contributed by atoms with Crippen LogP contribution in [0.2, 0.25) is 0 Å². The molecule has 0 aromatic heterocycles. The topological polar surface area (TPSA) is 52.6 Å². The van der Waals surface area contributed by atoms with E-state index < -0.39 is 41.9 Å². The van der Waals surface area contributed by atoms with Crippen LogP contribution in [0.3, 0.4) is 0 Å². The molecule has 0 aliphatic heterocycles. The summed E-state index contributed by atoms with van der Waals surface area (Å²) in [6, 6.07) is 0. The SMILES string of the molecule is O=C(OC1CCCC12CCCC2OC(=O)C(F)(F)F)C(F)(F)F. The van der Waals surface area contributed by atoms with E-state index in [9.17, 15) is 35.9 Å². The average Bonchev–Trinajstić information content (AvgIpc) is 2.97. The Morgan fingerprint density at radius 3 is 1.43 bits per heavy atom. The molecule has 2 unspecified atom stereocenters. The van der Waals surface area contributed by atoms with Gasteiger partial charge >= 0.3 is 24.3 Å². The molecule has 0 saturated heterocycles. The van der Waals surface area contributed by atoms with Crippen LogP contribution in [0, 0.1) is 5.41 Å². The molecule has 2 atom stereocenters. The highest BCUT2D eigenvalue weighted by Crippen LogP contribution is 2.53. The van der Waals surface area contributed by atoms with Gasteiger partial charge in [0, 0.05) is 5.41 Å². The van der Waals surface area contributed by atoms with Crippen molar-refractivity contribution in [2.45, 2.75) is 63.1 Å². The van der Waals surface area contributed by atoms with Gasteiger partial charge in [-0.3, -0.25) is 0 Å². The molecule has 132 valence electrons. The summed E-state index contributed by atoms with van der Waals surface area (Å²) in [5, 5.41) is 0. The summed E-state index contributed by atoms with van der Waals surface area (Å²) in [6.45, 7) is 0. The van der Waals surface area contributed by atoms with Crippen molar-refractivity contribution in [1.29, 1.82) is 0 Å². The average molecular weight is 348 g/mol. The highest BCUT2D eigenvalue weighted by Gasteiger charge is 2.58. The molecule has 0 N–H and O–H groups in total. The molecule has 0 amide bonds. The second kappa shape index (κ2) is 5.86. The maximum absolute atomic E-state index is 12.3. The van der Waals surface area contributed by atoms with Gasteiger partial charge in [0.05, 0.1) is 0 Å². The van der Waals surface area contributed by atoms with Gasteiger partial charge in [-0.25, -0.2) is 9.59 Å². The Balaban J connectivity index is 2.14. The van der Waals surface area contributed by atoms with Crippen LogP contribution in [0.5, 0.6) is 0 Å². The molecule has 0 radical (unpaired) electrons. The molecule has 10 heteroatoms. The lowest BCUT2D eigenvalue weighted by molar-refractivity contribution is -0.220. The van der Waals surface area contributed by atoms with Crippen LogP contribution in [-0.2, 0) is 19.1 Å². The van der Waals surface area contributed by atoms with Crippen LogP contribution in [0.4, 0.5) is 26.3 Å². The fourth-order valence-electron chi connectivity index (χ4n) is 3.53. The van der Waals surface area contributed by atoms with Crippen LogP contribution >= 0.6 is 0 Å². The van der Waals surface area contributed by atoms with E-state index in [4.69, 9.17) is 0 Å². The fraction of sp³-hybridized carbons (Fsp3) is 0.846. The second-order valence-corrected chi connectivity index (χ2v) is 5.80. The number of hydrogen-bond acceptors (Lipinski definition) is 4. The van der Waals surface area contributed by atoms with E-state index in [2.05, 4.69) is 9.47 Å². The van der Waals surface area contributed by atoms with Crippen molar-refractivity contribution >= 4 is 11.9 Å². The minimum absolute atomic E-state index is 0.0991. The first-order valence-corrected chi connectivity index (χ1v) is 7.02. The number of rotatable bonds is 2. The monoisotopic (exact) mass is 348 g/mol. The Labute approximate surface area is 127 Å². The molecule has 4 nitrogen and oxygen atoms in total. The first-order valence-electron chi connectivity index (χ1n) is 7.02. The molecule has 0 aromatic carbocycles. The maximum Gasteiger partial charge on any atom is 0.490 e. The van der Waals surface area contributed by atoms with Gasteiger partial charge < -0.3 is 9.47 Å². The summed E-state index contributed by atoms with van der Waals surface area (Å²) in [6.07, 6.45) is -11.3. The molecule has 2 aliphatic rings. The Morgan fingerprint density at radius 2 is 1.13 bits per heavy atom. The lowest BCUT2D eigenvalue weighted by Crippen LogP contribution is -2.45. The molecule has 0 aromatic rings. The number of ether oxygens (including phenoxy) is 2. The molecule has 0 bridgehead atoms. The molecule has 23 heavy (non-hydrogen) atoms. The zero-order valence-electron chi connectivity index (χ0n) is 11.8. The van der Waals surface area contributed by atoms with Crippen LogP contribution < -0.4 is 0 Å². The van der Waals surface area contributed by atoms with Crippen molar-refractivity contribution in [3.63, 3.8) is 0 Å². The van der Waals surface area contributed by atoms with Crippen molar-refractivity contribution in [2.24, 2.45) is 5.41 Å². The van der Waals surface area contributed by atoms with Gasteiger partial charge in [-0.2, -0.15) is 26.3 Å². The smallest absolute Gasteiger partial charge is 0.455 e. The Hall–Kier alpha value is -1.48. The molecule has 2 fully saturated rings. The van der Waals surface area contributed by atoms with Gasteiger partial charge in [-0.05, 0) is 38.5 Å². The van der Waals surface area contributed by atoms with E-state index in [-0.39, 0.29) is 25.7 Å². The van der Waals surface area contributed by atoms with E-state index in [1.807, 2.05) is 0 Å². The number of halogens is 6. The van der Waals surface area contributed by atoms with Gasteiger partial charge in [0.15, 0.2) is 0 Å². The predicted octanol–water partition coefficient (Wildman–Crippen LogP) is 3.29. The summed E-state index contributed by atoms with van der Waals surface area (Å²) in [5.74, 6) is -4.76. The first-order chi connectivity index (χ1) is 10.5. The highest BCUT2D eigenvalue weighted by atomic mass is 19.4. The quantitative estimate of drug-likeness (QED) is 0.568. The number of carbonyl (C=O) groups excluding carboxylic acids is 2. The van der Waals surface area contributed by atoms with Crippen molar-refractivity contribution in [2.75, 3.05) is 0 Å². The molecular formula is C13H14F6O4. The standard InChI is InChI=1S/C13H14F6O4/c14-12(15,16)9(20)22-7-3-1-5-11(7)6-2-4-8(11)23-10(21)13(17,18)19/h7-8H,1-6H2. The van der Waals surface area contributed by atoms with Gasteiger partial charge in [0.1, 0.15) is 12.2 Å². The van der Waals surface area contributed by atoms with E-state index in [1.54, 1.807) is 0 Å². The lowest BCUT2D eigenvalue weighted by atomic mass is 9.80. The fourth-order valence-corrected chi connectivity index (χ4v) is 3.53. The van der Waals surface area contributed by atoms with E-state index in [0.29, 0.717) is 12.8 Å². The number of hydrogen-bond donors (Lipinski definition) is 0. The summed E-state index contributed by atoms with van der Waals surface area (Å²) >= 11 is 0. The molecule has 2 saturated carbocycles. The van der Waals surface area contributed by atoms with Crippen molar-refractivity contribution < 1.29 is 45.4 Å². The normalized spacial score (nSPS) is 31.4. The molecule has 0 heterocycles. The summed E-state index contributed by atoms with van der Waals surface area (Å²) in [5.41, 5.74) is -1.16. The highest BCUT2D eigenvalue weighted by molar-refractivity contribution is 5.76. The predicted molar refractivity (Wildman–Crippen MR) is 62.0 cm³/mol. The summed E-state index contributed by atoms with van der Waals surface area (Å²) < 4.78 is 82.9. The van der Waals surface area contributed by atoms with Crippen molar-refractivity contribution in [3.05, 3.63) is 0 Å². The minimum atomic E-state index is -5.18. The van der Waals surface area contributed by atoms with Crippen LogP contribution in [-0.4, -0.2) is 36.5 Å². The van der Waals surface area contributed by atoms with Gasteiger partial charge in [-0.15, -0.1) is 0 Å². The summed E-state index contributed by atoms with van der Waals surface area (Å²) in [7, 11) is 0. The minimum Gasteiger partial charge on any atom is -0.455 e. The maximum atomic E-state index is 12.3. The Kier molecular flexibility index (Phi) is 4.55. The zero-order chi connectivity index (χ0) is 17.5. The number of esters is 2. The van der Waals surface area contributed by atoms with Gasteiger partial charge in [0.2, 0.25) is 0 Å². The molecule has 2 aliphatic carbocycles. The van der Waals surface area contributed by atoms with Crippen LogP contribution in [0.1, 0.15) is 38.5 Å². The first kappa shape index (κ1) is 17.9. The van der Waals surface area contributed by atoms with Gasteiger partial charge in [0.25, 0.3) is 0 Å². The van der Waals surface area contributed by atoms with Crippen molar-refractivity contribution in [1.82, 2.24) is 0 Å². The third kappa shape index (κ3) is 3.55. The number of alkyl halides is 6. The second-order valence-electron chi connectivity index (χ2n) is 5.80. The third-order valence-corrected chi connectivity index (χ3v) is 4.46.